The van der Waals surface area contributed by atoms with Crippen LogP contribution in [0.4, 0.5) is 13.2 Å². The van der Waals surface area contributed by atoms with E-state index >= 15 is 0 Å². The first kappa shape index (κ1) is 22.0. The van der Waals surface area contributed by atoms with Crippen molar-refractivity contribution in [2.75, 3.05) is 13.2 Å². The second-order valence-electron chi connectivity index (χ2n) is 5.05. The molecule has 23 heavy (non-hydrogen) atoms. The molecule has 0 bridgehead atoms. The molecule has 0 aliphatic carbocycles. The highest BCUT2D eigenvalue weighted by atomic mass is 79.9. The van der Waals surface area contributed by atoms with Crippen LogP contribution < -0.4 is 15.8 Å². The van der Waals surface area contributed by atoms with Gasteiger partial charge in [0.1, 0.15) is 12.4 Å². The Balaban J connectivity index is 0.00000484. The third kappa shape index (κ3) is 6.97. The summed E-state index contributed by atoms with van der Waals surface area (Å²) in [5.74, 6) is -0.659. The average molecular weight is 420 g/mol. The number of ether oxygens (including phenoxy) is 1. The first-order chi connectivity index (χ1) is 10.1. The SMILES string of the molecule is CC(C)[C@H](N)C(=O)NCCOc1ccc(Br)cc1C(F)(F)F.Cl. The number of hydrogen-bond donors (Lipinski definition) is 2. The maximum absolute atomic E-state index is 12.9. The Morgan fingerprint density at radius 3 is 2.52 bits per heavy atom. The molecule has 0 saturated carbocycles. The van der Waals surface area contributed by atoms with Crippen LogP contribution in [0.1, 0.15) is 19.4 Å². The lowest BCUT2D eigenvalue weighted by molar-refractivity contribution is -0.139. The highest BCUT2D eigenvalue weighted by Gasteiger charge is 2.34. The lowest BCUT2D eigenvalue weighted by atomic mass is 10.1. The van der Waals surface area contributed by atoms with Crippen molar-refractivity contribution in [1.82, 2.24) is 5.32 Å². The molecule has 1 aromatic carbocycles. The largest absolute Gasteiger partial charge is 0.491 e. The molecule has 0 spiro atoms. The van der Waals surface area contributed by atoms with Gasteiger partial charge in [-0.1, -0.05) is 29.8 Å². The van der Waals surface area contributed by atoms with Crippen molar-refractivity contribution in [3.63, 3.8) is 0 Å². The summed E-state index contributed by atoms with van der Waals surface area (Å²) in [6, 6.07) is 2.98. The van der Waals surface area contributed by atoms with Gasteiger partial charge < -0.3 is 15.8 Å². The number of carbonyl (C=O) groups is 1. The minimum atomic E-state index is -4.51. The molecular formula is C14H19BrClF3N2O2. The fourth-order valence-corrected chi connectivity index (χ4v) is 1.97. The second-order valence-corrected chi connectivity index (χ2v) is 5.96. The molecule has 0 radical (unpaired) electrons. The Bertz CT molecular complexity index is 527. The van der Waals surface area contributed by atoms with Crippen LogP contribution in [-0.4, -0.2) is 25.1 Å². The quantitative estimate of drug-likeness (QED) is 0.695. The van der Waals surface area contributed by atoms with Crippen molar-refractivity contribution >= 4 is 34.2 Å². The van der Waals surface area contributed by atoms with Gasteiger partial charge in [0, 0.05) is 4.47 Å². The van der Waals surface area contributed by atoms with Crippen LogP contribution in [0.5, 0.6) is 5.75 Å². The van der Waals surface area contributed by atoms with E-state index in [0.29, 0.717) is 4.47 Å². The fourth-order valence-electron chi connectivity index (χ4n) is 1.61. The molecule has 0 aliphatic rings. The van der Waals surface area contributed by atoms with Crippen molar-refractivity contribution in [3.05, 3.63) is 28.2 Å². The number of halogens is 5. The van der Waals surface area contributed by atoms with Crippen molar-refractivity contribution in [2.45, 2.75) is 26.1 Å². The molecule has 0 aliphatic heterocycles. The maximum atomic E-state index is 12.9. The third-order valence-electron chi connectivity index (χ3n) is 2.93. The molecule has 9 heteroatoms. The van der Waals surface area contributed by atoms with Crippen molar-refractivity contribution in [3.8, 4) is 5.75 Å². The van der Waals surface area contributed by atoms with Gasteiger partial charge in [0.25, 0.3) is 0 Å². The molecule has 0 saturated heterocycles. The molecule has 0 fully saturated rings. The average Bonchev–Trinajstić information content (AvgIpc) is 2.42. The summed E-state index contributed by atoms with van der Waals surface area (Å²) < 4.78 is 44.0. The molecule has 0 unspecified atom stereocenters. The van der Waals surface area contributed by atoms with Crippen LogP contribution in [0.2, 0.25) is 0 Å². The van der Waals surface area contributed by atoms with Gasteiger partial charge in [0.2, 0.25) is 5.91 Å². The van der Waals surface area contributed by atoms with Crippen LogP contribution in [0.25, 0.3) is 0 Å². The summed E-state index contributed by atoms with van der Waals surface area (Å²) in [5.41, 5.74) is 4.78. The van der Waals surface area contributed by atoms with E-state index in [4.69, 9.17) is 10.5 Å². The third-order valence-corrected chi connectivity index (χ3v) is 3.42. The molecular weight excluding hydrogens is 401 g/mol. The number of carbonyl (C=O) groups excluding carboxylic acids is 1. The molecule has 1 aromatic rings. The zero-order chi connectivity index (χ0) is 16.9. The molecule has 3 N–H and O–H groups in total. The highest BCUT2D eigenvalue weighted by molar-refractivity contribution is 9.10. The summed E-state index contributed by atoms with van der Waals surface area (Å²) >= 11 is 2.99. The normalized spacial score (nSPS) is 12.5. The van der Waals surface area contributed by atoms with Crippen LogP contribution in [0, 0.1) is 5.92 Å². The molecule has 0 heterocycles. The smallest absolute Gasteiger partial charge is 0.420 e. The lowest BCUT2D eigenvalue weighted by Crippen LogP contribution is -2.45. The lowest BCUT2D eigenvalue weighted by Gasteiger charge is -2.17. The van der Waals surface area contributed by atoms with E-state index in [-0.39, 0.29) is 43.1 Å². The van der Waals surface area contributed by atoms with Gasteiger partial charge in [-0.25, -0.2) is 0 Å². The standard InChI is InChI=1S/C14H18BrF3N2O2.ClH/c1-8(2)12(19)13(21)20-5-6-22-11-4-3-9(15)7-10(11)14(16,17)18;/h3-4,7-8,12H,5-6,19H2,1-2H3,(H,20,21);1H/t12-;/m0./s1. The van der Waals surface area contributed by atoms with E-state index in [1.807, 2.05) is 0 Å². The summed E-state index contributed by atoms with van der Waals surface area (Å²) in [4.78, 5) is 11.6. The van der Waals surface area contributed by atoms with E-state index in [9.17, 15) is 18.0 Å². The van der Waals surface area contributed by atoms with Gasteiger partial charge in [0.05, 0.1) is 18.2 Å². The van der Waals surface area contributed by atoms with Crippen LogP contribution in [0.3, 0.4) is 0 Å². The van der Waals surface area contributed by atoms with E-state index in [1.54, 1.807) is 13.8 Å². The molecule has 4 nitrogen and oxygen atoms in total. The minimum Gasteiger partial charge on any atom is -0.491 e. The van der Waals surface area contributed by atoms with Gasteiger partial charge in [0.15, 0.2) is 0 Å². The van der Waals surface area contributed by atoms with Crippen LogP contribution in [-0.2, 0) is 11.0 Å². The summed E-state index contributed by atoms with van der Waals surface area (Å²) in [5, 5.41) is 2.52. The predicted octanol–water partition coefficient (Wildman–Crippen LogP) is 3.37. The topological polar surface area (TPSA) is 64.4 Å². The Morgan fingerprint density at radius 2 is 2.00 bits per heavy atom. The van der Waals surface area contributed by atoms with Crippen molar-refractivity contribution in [2.24, 2.45) is 11.7 Å². The monoisotopic (exact) mass is 418 g/mol. The first-order valence-corrected chi connectivity index (χ1v) is 7.45. The molecule has 0 aromatic heterocycles. The molecule has 132 valence electrons. The Kier molecular flexibility index (Phi) is 8.94. The number of nitrogens with one attached hydrogen (secondary N) is 1. The van der Waals surface area contributed by atoms with Crippen molar-refractivity contribution in [1.29, 1.82) is 0 Å². The van der Waals surface area contributed by atoms with Gasteiger partial charge in [-0.15, -0.1) is 12.4 Å². The second kappa shape index (κ2) is 9.34. The number of nitrogens with two attached hydrogens (primary N) is 1. The van der Waals surface area contributed by atoms with Gasteiger partial charge in [-0.2, -0.15) is 13.2 Å². The molecule has 1 atom stereocenters. The van der Waals surface area contributed by atoms with Crippen LogP contribution >= 0.6 is 28.3 Å². The van der Waals surface area contributed by atoms with Gasteiger partial charge in [-0.05, 0) is 24.1 Å². The zero-order valence-corrected chi connectivity index (χ0v) is 15.0. The number of amides is 1. The fraction of sp³-hybridized carbons (Fsp3) is 0.500. The van der Waals surface area contributed by atoms with Gasteiger partial charge >= 0.3 is 6.18 Å². The molecule has 1 rings (SSSR count). The summed E-state index contributed by atoms with van der Waals surface area (Å²) in [6.45, 7) is 3.60. The number of benzene rings is 1. The molecule has 1 amide bonds. The first-order valence-electron chi connectivity index (χ1n) is 6.65. The van der Waals surface area contributed by atoms with Crippen LogP contribution in [0.15, 0.2) is 22.7 Å². The van der Waals surface area contributed by atoms with E-state index < -0.39 is 17.8 Å². The number of hydrogen-bond acceptors (Lipinski definition) is 3. The van der Waals surface area contributed by atoms with E-state index in [0.717, 1.165) is 6.07 Å². The predicted molar refractivity (Wildman–Crippen MR) is 87.7 cm³/mol. The Labute approximate surface area is 147 Å². The van der Waals surface area contributed by atoms with E-state index in [1.165, 1.54) is 12.1 Å². The Morgan fingerprint density at radius 1 is 1.39 bits per heavy atom. The zero-order valence-electron chi connectivity index (χ0n) is 12.6. The number of alkyl halides is 3. The van der Waals surface area contributed by atoms with E-state index in [2.05, 4.69) is 21.2 Å². The summed E-state index contributed by atoms with van der Waals surface area (Å²) in [7, 11) is 0. The number of rotatable bonds is 6. The minimum absolute atomic E-state index is 0. The Hall–Kier alpha value is -0.990. The van der Waals surface area contributed by atoms with Gasteiger partial charge in [-0.3, -0.25) is 4.79 Å². The summed E-state index contributed by atoms with van der Waals surface area (Å²) in [6.07, 6.45) is -4.51. The van der Waals surface area contributed by atoms with Crippen molar-refractivity contribution < 1.29 is 22.7 Å². The maximum Gasteiger partial charge on any atom is 0.420 e. The highest BCUT2D eigenvalue weighted by Crippen LogP contribution is 2.37.